The molecule has 1 aromatic carbocycles. The lowest BCUT2D eigenvalue weighted by atomic mass is 10.2. The van der Waals surface area contributed by atoms with Gasteiger partial charge in [0, 0.05) is 16.6 Å². The first kappa shape index (κ1) is 11.3. The van der Waals surface area contributed by atoms with Crippen LogP contribution in [0.5, 0.6) is 0 Å². The van der Waals surface area contributed by atoms with Crippen molar-refractivity contribution in [3.63, 3.8) is 0 Å². The average molecular weight is 258 g/mol. The lowest BCUT2D eigenvalue weighted by Crippen LogP contribution is -1.97. The number of H-pyrrole nitrogens is 1. The summed E-state index contributed by atoms with van der Waals surface area (Å²) < 4.78 is 0. The van der Waals surface area contributed by atoms with E-state index in [1.54, 1.807) is 6.07 Å². The van der Waals surface area contributed by atoms with Crippen molar-refractivity contribution in [3.05, 3.63) is 33.9 Å². The first-order valence-corrected chi connectivity index (χ1v) is 5.51. The highest BCUT2D eigenvalue weighted by atomic mass is 35.5. The number of carboxylic acids is 1. The molecule has 1 heterocycles. The fourth-order valence-corrected chi connectivity index (χ4v) is 1.96. The number of carbonyl (C=O) groups is 1. The van der Waals surface area contributed by atoms with E-state index in [-0.39, 0.29) is 6.42 Å². The van der Waals surface area contributed by atoms with Crippen LogP contribution in [0.4, 0.5) is 0 Å². The zero-order valence-corrected chi connectivity index (χ0v) is 9.77. The van der Waals surface area contributed by atoms with Gasteiger partial charge >= 0.3 is 5.97 Å². The quantitative estimate of drug-likeness (QED) is 0.885. The molecule has 5 heteroatoms. The number of aromatic amines is 1. The summed E-state index contributed by atoms with van der Waals surface area (Å²) >= 11 is 11.9. The summed E-state index contributed by atoms with van der Waals surface area (Å²) in [5.74, 6) is -0.817. The molecule has 0 aliphatic heterocycles. The van der Waals surface area contributed by atoms with Crippen LogP contribution in [0.25, 0.3) is 10.9 Å². The molecule has 0 aliphatic rings. The predicted octanol–water partition coefficient (Wildman–Crippen LogP) is 3.49. The maximum absolute atomic E-state index is 10.4. The summed E-state index contributed by atoms with van der Waals surface area (Å²) in [6.07, 6.45) is 0.552. The highest BCUT2D eigenvalue weighted by molar-refractivity contribution is 6.45. The monoisotopic (exact) mass is 257 g/mol. The van der Waals surface area contributed by atoms with Crippen LogP contribution in [0.2, 0.25) is 10.0 Å². The predicted molar refractivity (Wildman–Crippen MR) is 64.3 cm³/mol. The molecule has 0 saturated heterocycles. The van der Waals surface area contributed by atoms with E-state index in [4.69, 9.17) is 28.3 Å². The Morgan fingerprint density at radius 2 is 2.12 bits per heavy atom. The van der Waals surface area contributed by atoms with Gasteiger partial charge in [0.05, 0.1) is 16.5 Å². The second kappa shape index (κ2) is 4.36. The van der Waals surface area contributed by atoms with Gasteiger partial charge in [-0.05, 0) is 24.6 Å². The van der Waals surface area contributed by atoms with Gasteiger partial charge < -0.3 is 10.1 Å². The lowest BCUT2D eigenvalue weighted by molar-refractivity contribution is -0.136. The molecule has 0 spiro atoms. The number of aryl methyl sites for hydroxylation is 1. The second-order valence-corrected chi connectivity index (χ2v) is 4.30. The van der Waals surface area contributed by atoms with Crippen LogP contribution in [-0.2, 0) is 11.2 Å². The van der Waals surface area contributed by atoms with Crippen molar-refractivity contribution >= 4 is 40.1 Å². The van der Waals surface area contributed by atoms with E-state index < -0.39 is 5.97 Å². The zero-order chi connectivity index (χ0) is 11.7. The SMILES string of the molecule is O=C(O)CCc1cc2c(Cl)c(Cl)ccc2[nH]1. The molecule has 16 heavy (non-hydrogen) atoms. The van der Waals surface area contributed by atoms with Crippen molar-refractivity contribution in [2.45, 2.75) is 12.8 Å². The van der Waals surface area contributed by atoms with Crippen molar-refractivity contribution < 1.29 is 9.90 Å². The van der Waals surface area contributed by atoms with Crippen LogP contribution in [0.3, 0.4) is 0 Å². The third kappa shape index (κ3) is 2.15. The number of halogens is 2. The van der Waals surface area contributed by atoms with Gasteiger partial charge in [0.25, 0.3) is 0 Å². The van der Waals surface area contributed by atoms with Crippen LogP contribution < -0.4 is 0 Å². The Kier molecular flexibility index (Phi) is 3.08. The number of aliphatic carboxylic acids is 1. The molecule has 0 bridgehead atoms. The van der Waals surface area contributed by atoms with Crippen LogP contribution in [-0.4, -0.2) is 16.1 Å². The molecule has 0 amide bonds. The lowest BCUT2D eigenvalue weighted by Gasteiger charge is -1.95. The number of fused-ring (bicyclic) bond motifs is 1. The Bertz CT molecular complexity index is 548. The van der Waals surface area contributed by atoms with E-state index in [2.05, 4.69) is 4.98 Å². The Balaban J connectivity index is 2.36. The molecule has 2 aromatic rings. The van der Waals surface area contributed by atoms with Gasteiger partial charge in [-0.3, -0.25) is 4.79 Å². The van der Waals surface area contributed by atoms with Crippen LogP contribution >= 0.6 is 23.2 Å². The molecule has 2 N–H and O–H groups in total. The molecular weight excluding hydrogens is 249 g/mol. The van der Waals surface area contributed by atoms with Crippen molar-refractivity contribution in [1.82, 2.24) is 4.98 Å². The second-order valence-electron chi connectivity index (χ2n) is 3.51. The molecule has 0 atom stereocenters. The average Bonchev–Trinajstić information content (AvgIpc) is 2.64. The number of nitrogens with one attached hydrogen (secondary N) is 1. The van der Waals surface area contributed by atoms with Gasteiger partial charge in [-0.2, -0.15) is 0 Å². The van der Waals surface area contributed by atoms with Gasteiger partial charge in [-0.25, -0.2) is 0 Å². The molecule has 0 saturated carbocycles. The highest BCUT2D eigenvalue weighted by Gasteiger charge is 2.08. The summed E-state index contributed by atoms with van der Waals surface area (Å²) in [5.41, 5.74) is 1.72. The number of rotatable bonds is 3. The summed E-state index contributed by atoms with van der Waals surface area (Å²) in [6, 6.07) is 5.38. The minimum Gasteiger partial charge on any atom is -0.481 e. The maximum atomic E-state index is 10.4. The largest absolute Gasteiger partial charge is 0.481 e. The van der Waals surface area contributed by atoms with Crippen molar-refractivity contribution in [2.75, 3.05) is 0 Å². The van der Waals surface area contributed by atoms with E-state index in [1.165, 1.54) is 0 Å². The Morgan fingerprint density at radius 3 is 2.81 bits per heavy atom. The van der Waals surface area contributed by atoms with E-state index in [0.29, 0.717) is 16.5 Å². The fraction of sp³-hybridized carbons (Fsp3) is 0.182. The third-order valence-electron chi connectivity index (χ3n) is 2.35. The van der Waals surface area contributed by atoms with E-state index >= 15 is 0 Å². The van der Waals surface area contributed by atoms with E-state index in [1.807, 2.05) is 12.1 Å². The summed E-state index contributed by atoms with van der Waals surface area (Å²) in [7, 11) is 0. The van der Waals surface area contributed by atoms with Gasteiger partial charge in [0.15, 0.2) is 0 Å². The Hall–Kier alpha value is -1.19. The molecule has 1 aromatic heterocycles. The molecule has 0 fully saturated rings. The summed E-state index contributed by atoms with van der Waals surface area (Å²) in [6.45, 7) is 0. The minimum atomic E-state index is -0.817. The van der Waals surface area contributed by atoms with Crippen LogP contribution in [0.15, 0.2) is 18.2 Å². The zero-order valence-electron chi connectivity index (χ0n) is 8.26. The van der Waals surface area contributed by atoms with Crippen molar-refractivity contribution in [3.8, 4) is 0 Å². The topological polar surface area (TPSA) is 53.1 Å². The first-order chi connectivity index (χ1) is 7.58. The number of hydrogen-bond donors (Lipinski definition) is 2. The number of aromatic nitrogens is 1. The van der Waals surface area contributed by atoms with Crippen molar-refractivity contribution in [1.29, 1.82) is 0 Å². The molecule has 0 unspecified atom stereocenters. The molecule has 2 rings (SSSR count). The third-order valence-corrected chi connectivity index (χ3v) is 3.17. The smallest absolute Gasteiger partial charge is 0.303 e. The highest BCUT2D eigenvalue weighted by Crippen LogP contribution is 2.31. The fourth-order valence-electron chi connectivity index (χ4n) is 1.58. The standard InChI is InChI=1S/C11H9Cl2NO2/c12-8-2-3-9-7(11(8)13)5-6(14-9)1-4-10(15)16/h2-3,5,14H,1,4H2,(H,15,16). The molecule has 0 radical (unpaired) electrons. The van der Waals surface area contributed by atoms with Gasteiger partial charge in [0.2, 0.25) is 0 Å². The maximum Gasteiger partial charge on any atom is 0.303 e. The molecule has 3 nitrogen and oxygen atoms in total. The van der Waals surface area contributed by atoms with E-state index in [9.17, 15) is 4.79 Å². The van der Waals surface area contributed by atoms with Gasteiger partial charge in [0.1, 0.15) is 0 Å². The number of benzene rings is 1. The first-order valence-electron chi connectivity index (χ1n) is 4.75. The normalized spacial score (nSPS) is 10.9. The van der Waals surface area contributed by atoms with Crippen LogP contribution in [0.1, 0.15) is 12.1 Å². The minimum absolute atomic E-state index is 0.0954. The Morgan fingerprint density at radius 1 is 1.38 bits per heavy atom. The summed E-state index contributed by atoms with van der Waals surface area (Å²) in [4.78, 5) is 13.6. The molecule has 0 aliphatic carbocycles. The van der Waals surface area contributed by atoms with E-state index in [0.717, 1.165) is 16.6 Å². The van der Waals surface area contributed by atoms with Crippen molar-refractivity contribution in [2.24, 2.45) is 0 Å². The number of hydrogen-bond acceptors (Lipinski definition) is 1. The van der Waals surface area contributed by atoms with Gasteiger partial charge in [-0.1, -0.05) is 23.2 Å². The van der Waals surface area contributed by atoms with Gasteiger partial charge in [-0.15, -0.1) is 0 Å². The molecule has 84 valence electrons. The summed E-state index contributed by atoms with van der Waals surface area (Å²) in [5, 5.41) is 10.4. The molecular formula is C11H9Cl2NO2. The number of carboxylic acid groups (broad SMARTS) is 1. The Labute approximate surface area is 102 Å². The van der Waals surface area contributed by atoms with Crippen LogP contribution in [0, 0.1) is 0 Å².